The molecule has 1 aromatic carbocycles. The lowest BCUT2D eigenvalue weighted by Gasteiger charge is -2.20. The summed E-state index contributed by atoms with van der Waals surface area (Å²) >= 11 is 1.29. The molecule has 0 aromatic heterocycles. The van der Waals surface area contributed by atoms with Crippen molar-refractivity contribution in [2.24, 2.45) is 0 Å². The Kier molecular flexibility index (Phi) is 3.01. The highest BCUT2D eigenvalue weighted by Crippen LogP contribution is 2.37. The Balaban J connectivity index is 2.46. The van der Waals surface area contributed by atoms with E-state index in [9.17, 15) is 9.59 Å². The molecule has 2 rings (SSSR count). The fourth-order valence-corrected chi connectivity index (χ4v) is 2.83. The van der Waals surface area contributed by atoms with Crippen molar-refractivity contribution in [2.75, 3.05) is 5.32 Å². The van der Waals surface area contributed by atoms with E-state index in [0.29, 0.717) is 6.42 Å². The van der Waals surface area contributed by atoms with Gasteiger partial charge in [0.15, 0.2) is 5.12 Å². The van der Waals surface area contributed by atoms with Gasteiger partial charge in [-0.3, -0.25) is 9.59 Å². The molecule has 16 heavy (non-hydrogen) atoms. The Morgan fingerprint density at radius 3 is 2.81 bits per heavy atom. The zero-order valence-electron chi connectivity index (χ0n) is 9.29. The average Bonchev–Trinajstić information content (AvgIpc) is 2.22. The molecule has 0 fully saturated rings. The van der Waals surface area contributed by atoms with Gasteiger partial charge >= 0.3 is 0 Å². The Hall–Kier alpha value is -1.29. The standard InChI is InChI=1S/C12H13NO2S/c1-7-3-5-10(13-8(2)14)9-4-6-11(15)16-12(7)9/h3,5H,4,6H2,1-2H3,(H,13,14). The molecule has 1 aliphatic rings. The Bertz CT molecular complexity index is 468. The van der Waals surface area contributed by atoms with Gasteiger partial charge in [0.1, 0.15) is 0 Å². The van der Waals surface area contributed by atoms with Crippen LogP contribution in [0, 0.1) is 6.92 Å². The van der Waals surface area contributed by atoms with E-state index in [4.69, 9.17) is 0 Å². The van der Waals surface area contributed by atoms with Gasteiger partial charge < -0.3 is 5.32 Å². The number of nitrogens with one attached hydrogen (secondary N) is 1. The number of thioether (sulfide) groups is 1. The summed E-state index contributed by atoms with van der Waals surface area (Å²) in [5.74, 6) is -0.0760. The summed E-state index contributed by atoms with van der Waals surface area (Å²) in [6.07, 6.45) is 1.27. The van der Waals surface area contributed by atoms with Crippen molar-refractivity contribution in [2.45, 2.75) is 31.6 Å². The lowest BCUT2D eigenvalue weighted by molar-refractivity contribution is -0.114. The fraction of sp³-hybridized carbons (Fsp3) is 0.333. The van der Waals surface area contributed by atoms with Gasteiger partial charge in [-0.1, -0.05) is 17.8 Å². The number of amides is 1. The molecule has 1 aliphatic heterocycles. The molecule has 0 atom stereocenters. The van der Waals surface area contributed by atoms with Crippen molar-refractivity contribution >= 4 is 28.5 Å². The molecule has 84 valence electrons. The van der Waals surface area contributed by atoms with Crippen molar-refractivity contribution < 1.29 is 9.59 Å². The maximum atomic E-state index is 11.4. The topological polar surface area (TPSA) is 46.2 Å². The van der Waals surface area contributed by atoms with Crippen LogP contribution < -0.4 is 5.32 Å². The van der Waals surface area contributed by atoms with Gasteiger partial charge in [0, 0.05) is 23.9 Å². The van der Waals surface area contributed by atoms with E-state index in [1.54, 1.807) is 0 Å². The summed E-state index contributed by atoms with van der Waals surface area (Å²) in [5.41, 5.74) is 3.04. The minimum absolute atomic E-state index is 0.0760. The number of rotatable bonds is 1. The molecule has 1 heterocycles. The molecule has 0 bridgehead atoms. The van der Waals surface area contributed by atoms with Crippen molar-refractivity contribution in [3.8, 4) is 0 Å². The average molecular weight is 235 g/mol. The number of fused-ring (bicyclic) bond motifs is 1. The summed E-state index contributed by atoms with van der Waals surface area (Å²) in [5, 5.41) is 3.02. The SMILES string of the molecule is CC(=O)Nc1ccc(C)c2c1CCC(=O)S2. The van der Waals surface area contributed by atoms with E-state index < -0.39 is 0 Å². The molecule has 0 unspecified atom stereocenters. The van der Waals surface area contributed by atoms with Gasteiger partial charge in [-0.15, -0.1) is 0 Å². The molecular formula is C12H13NO2S. The Labute approximate surface area is 98.6 Å². The van der Waals surface area contributed by atoms with Crippen LogP contribution in [-0.2, 0) is 16.0 Å². The molecule has 0 radical (unpaired) electrons. The first kappa shape index (κ1) is 11.2. The second-order valence-corrected chi connectivity index (χ2v) is 4.96. The number of aryl methyl sites for hydroxylation is 1. The van der Waals surface area contributed by atoms with E-state index in [2.05, 4.69) is 5.32 Å². The minimum atomic E-state index is -0.0760. The number of carbonyl (C=O) groups excluding carboxylic acids is 2. The number of anilines is 1. The Morgan fingerprint density at radius 1 is 1.38 bits per heavy atom. The van der Waals surface area contributed by atoms with Crippen molar-refractivity contribution in [3.05, 3.63) is 23.3 Å². The second-order valence-electron chi connectivity index (χ2n) is 3.89. The first-order valence-electron chi connectivity index (χ1n) is 5.18. The molecular weight excluding hydrogens is 222 g/mol. The number of hydrogen-bond acceptors (Lipinski definition) is 3. The van der Waals surface area contributed by atoms with E-state index in [0.717, 1.165) is 28.1 Å². The third-order valence-corrected chi connectivity index (χ3v) is 3.77. The zero-order chi connectivity index (χ0) is 11.7. The van der Waals surface area contributed by atoms with Crippen LogP contribution in [0.1, 0.15) is 24.5 Å². The number of carbonyl (C=O) groups is 2. The first-order valence-corrected chi connectivity index (χ1v) is 6.00. The normalized spacial score (nSPS) is 14.5. The first-order chi connectivity index (χ1) is 7.58. The number of benzene rings is 1. The fourth-order valence-electron chi connectivity index (χ4n) is 1.83. The van der Waals surface area contributed by atoms with Crippen molar-refractivity contribution in [3.63, 3.8) is 0 Å². The predicted molar refractivity (Wildman–Crippen MR) is 64.7 cm³/mol. The maximum absolute atomic E-state index is 11.4. The quantitative estimate of drug-likeness (QED) is 0.813. The highest BCUT2D eigenvalue weighted by Gasteiger charge is 2.21. The van der Waals surface area contributed by atoms with Gasteiger partial charge in [0.25, 0.3) is 0 Å². The highest BCUT2D eigenvalue weighted by atomic mass is 32.2. The Morgan fingerprint density at radius 2 is 2.12 bits per heavy atom. The molecule has 0 aliphatic carbocycles. The van der Waals surface area contributed by atoms with Crippen LogP contribution in [0.2, 0.25) is 0 Å². The van der Waals surface area contributed by atoms with Crippen LogP contribution in [0.4, 0.5) is 5.69 Å². The lowest BCUT2D eigenvalue weighted by Crippen LogP contribution is -2.13. The minimum Gasteiger partial charge on any atom is -0.326 e. The van der Waals surface area contributed by atoms with E-state index >= 15 is 0 Å². The van der Waals surface area contributed by atoms with Crippen LogP contribution >= 0.6 is 11.8 Å². The maximum Gasteiger partial charge on any atom is 0.221 e. The summed E-state index contributed by atoms with van der Waals surface area (Å²) in [7, 11) is 0. The van der Waals surface area contributed by atoms with Gasteiger partial charge in [-0.2, -0.15) is 0 Å². The van der Waals surface area contributed by atoms with Crippen LogP contribution in [-0.4, -0.2) is 11.0 Å². The molecule has 3 nitrogen and oxygen atoms in total. The zero-order valence-corrected chi connectivity index (χ0v) is 10.1. The largest absolute Gasteiger partial charge is 0.326 e. The van der Waals surface area contributed by atoms with E-state index in [1.165, 1.54) is 18.7 Å². The molecule has 0 saturated carbocycles. The molecule has 0 saturated heterocycles. The van der Waals surface area contributed by atoms with Crippen LogP contribution in [0.25, 0.3) is 0 Å². The van der Waals surface area contributed by atoms with Gasteiger partial charge in [0.05, 0.1) is 0 Å². The van der Waals surface area contributed by atoms with Gasteiger partial charge in [-0.05, 0) is 30.5 Å². The molecule has 1 aromatic rings. The lowest BCUT2D eigenvalue weighted by atomic mass is 10.0. The van der Waals surface area contributed by atoms with Gasteiger partial charge in [0.2, 0.25) is 5.91 Å². The summed E-state index contributed by atoms with van der Waals surface area (Å²) in [4.78, 5) is 23.5. The van der Waals surface area contributed by atoms with Crippen molar-refractivity contribution in [1.82, 2.24) is 0 Å². The molecule has 1 amide bonds. The van der Waals surface area contributed by atoms with Crippen LogP contribution in [0.5, 0.6) is 0 Å². The third kappa shape index (κ3) is 2.11. The van der Waals surface area contributed by atoms with E-state index in [1.807, 2.05) is 19.1 Å². The number of hydrogen-bond donors (Lipinski definition) is 1. The summed E-state index contributed by atoms with van der Waals surface area (Å²) in [6, 6.07) is 3.85. The third-order valence-electron chi connectivity index (χ3n) is 2.56. The van der Waals surface area contributed by atoms with Gasteiger partial charge in [-0.25, -0.2) is 0 Å². The second kappa shape index (κ2) is 4.29. The summed E-state index contributed by atoms with van der Waals surface area (Å²) in [6.45, 7) is 3.48. The smallest absolute Gasteiger partial charge is 0.221 e. The van der Waals surface area contributed by atoms with Crippen LogP contribution in [0.3, 0.4) is 0 Å². The predicted octanol–water partition coefficient (Wildman–Crippen LogP) is 2.52. The van der Waals surface area contributed by atoms with Crippen LogP contribution in [0.15, 0.2) is 17.0 Å². The van der Waals surface area contributed by atoms with Crippen molar-refractivity contribution in [1.29, 1.82) is 0 Å². The molecule has 0 spiro atoms. The highest BCUT2D eigenvalue weighted by molar-refractivity contribution is 8.13. The summed E-state index contributed by atoms with van der Waals surface area (Å²) < 4.78 is 0. The molecule has 1 N–H and O–H groups in total. The monoisotopic (exact) mass is 235 g/mol. The molecule has 4 heteroatoms. The van der Waals surface area contributed by atoms with E-state index in [-0.39, 0.29) is 11.0 Å².